The van der Waals surface area contributed by atoms with Crippen LogP contribution in [-0.2, 0) is 22.4 Å². The van der Waals surface area contributed by atoms with Gasteiger partial charge in [-0.25, -0.2) is 0 Å². The summed E-state index contributed by atoms with van der Waals surface area (Å²) >= 11 is 0. The molecule has 0 spiro atoms. The molecule has 0 heterocycles. The minimum absolute atomic E-state index is 0.0701. The molecule has 0 saturated heterocycles. The van der Waals surface area contributed by atoms with Crippen molar-refractivity contribution in [2.24, 2.45) is 0 Å². The summed E-state index contributed by atoms with van der Waals surface area (Å²) in [7, 11) is 0. The number of anilines is 1. The number of carbonyl (C=O) groups is 3. The second-order valence-corrected chi connectivity index (χ2v) is 7.47. The maximum atomic E-state index is 13.2. The molecule has 0 unspecified atom stereocenters. The highest BCUT2D eigenvalue weighted by atomic mass is 16.2. The lowest BCUT2D eigenvalue weighted by atomic mass is 10.1. The van der Waals surface area contributed by atoms with Crippen molar-refractivity contribution in [2.75, 3.05) is 18.0 Å². The lowest BCUT2D eigenvalue weighted by molar-refractivity contribution is -0.125. The molecule has 0 aliphatic heterocycles. The third kappa shape index (κ3) is 5.70. The van der Waals surface area contributed by atoms with Crippen LogP contribution >= 0.6 is 0 Å². The molecular formula is C27H28N2O3. The second-order valence-electron chi connectivity index (χ2n) is 7.47. The van der Waals surface area contributed by atoms with Gasteiger partial charge in [-0.1, -0.05) is 60.7 Å². The Morgan fingerprint density at radius 2 is 1.06 bits per heavy atom. The lowest BCUT2D eigenvalue weighted by Gasteiger charge is -2.22. The van der Waals surface area contributed by atoms with E-state index in [-0.39, 0.29) is 30.6 Å². The van der Waals surface area contributed by atoms with E-state index in [4.69, 9.17) is 0 Å². The zero-order valence-electron chi connectivity index (χ0n) is 18.5. The first-order valence-corrected chi connectivity index (χ1v) is 10.9. The highest BCUT2D eigenvalue weighted by molar-refractivity contribution is 6.16. The van der Waals surface area contributed by atoms with Crippen molar-refractivity contribution in [1.29, 1.82) is 0 Å². The van der Waals surface area contributed by atoms with E-state index < -0.39 is 0 Å². The Bertz CT molecular complexity index is 990. The normalized spacial score (nSPS) is 10.4. The van der Waals surface area contributed by atoms with E-state index in [1.54, 1.807) is 29.2 Å². The van der Waals surface area contributed by atoms with Crippen LogP contribution in [0.25, 0.3) is 0 Å². The standard InChI is InChI=1S/C27H28N2O3/c1-3-28(4-2)27(32)23-15-17-24(18-16-23)29(25(30)19-21-11-7-5-8-12-21)26(31)20-22-13-9-6-10-14-22/h5-18H,3-4,19-20H2,1-2H3. The Morgan fingerprint density at radius 3 is 1.47 bits per heavy atom. The van der Waals surface area contributed by atoms with Crippen molar-refractivity contribution in [3.8, 4) is 0 Å². The summed E-state index contributed by atoms with van der Waals surface area (Å²) in [5.74, 6) is -0.681. The summed E-state index contributed by atoms with van der Waals surface area (Å²) < 4.78 is 0. The zero-order chi connectivity index (χ0) is 22.9. The third-order valence-corrected chi connectivity index (χ3v) is 5.32. The Balaban J connectivity index is 1.88. The van der Waals surface area contributed by atoms with Gasteiger partial charge in [-0.05, 0) is 49.2 Å². The quantitative estimate of drug-likeness (QED) is 0.530. The molecule has 3 amide bonds. The van der Waals surface area contributed by atoms with Gasteiger partial charge in [-0.2, -0.15) is 0 Å². The highest BCUT2D eigenvalue weighted by Crippen LogP contribution is 2.20. The van der Waals surface area contributed by atoms with Gasteiger partial charge in [-0.15, -0.1) is 0 Å². The first-order valence-electron chi connectivity index (χ1n) is 10.9. The molecule has 0 saturated carbocycles. The van der Waals surface area contributed by atoms with E-state index in [0.29, 0.717) is 24.3 Å². The molecule has 5 nitrogen and oxygen atoms in total. The van der Waals surface area contributed by atoms with Crippen LogP contribution in [0.1, 0.15) is 35.3 Å². The van der Waals surface area contributed by atoms with Crippen LogP contribution in [0, 0.1) is 0 Å². The Kier molecular flexibility index (Phi) is 7.92. The zero-order valence-corrected chi connectivity index (χ0v) is 18.5. The van der Waals surface area contributed by atoms with Crippen LogP contribution in [0.2, 0.25) is 0 Å². The van der Waals surface area contributed by atoms with Crippen LogP contribution in [0.15, 0.2) is 84.9 Å². The predicted octanol–water partition coefficient (Wildman–Crippen LogP) is 4.51. The fraction of sp³-hybridized carbons (Fsp3) is 0.222. The molecule has 0 aromatic heterocycles. The monoisotopic (exact) mass is 428 g/mol. The van der Waals surface area contributed by atoms with Crippen LogP contribution in [0.5, 0.6) is 0 Å². The summed E-state index contributed by atoms with van der Waals surface area (Å²) in [6.45, 7) is 5.10. The number of imide groups is 1. The topological polar surface area (TPSA) is 57.7 Å². The fourth-order valence-electron chi connectivity index (χ4n) is 3.57. The van der Waals surface area contributed by atoms with E-state index in [0.717, 1.165) is 11.1 Å². The number of rotatable bonds is 8. The highest BCUT2D eigenvalue weighted by Gasteiger charge is 2.24. The van der Waals surface area contributed by atoms with Gasteiger partial charge in [0.15, 0.2) is 0 Å². The SMILES string of the molecule is CCN(CC)C(=O)c1ccc(N(C(=O)Cc2ccccc2)C(=O)Cc2ccccc2)cc1. The lowest BCUT2D eigenvalue weighted by Crippen LogP contribution is -2.39. The van der Waals surface area contributed by atoms with E-state index in [9.17, 15) is 14.4 Å². The molecule has 0 bridgehead atoms. The van der Waals surface area contributed by atoms with Gasteiger partial charge >= 0.3 is 0 Å². The van der Waals surface area contributed by atoms with E-state index in [1.807, 2.05) is 74.5 Å². The summed E-state index contributed by atoms with van der Waals surface area (Å²) in [5.41, 5.74) is 2.66. The largest absolute Gasteiger partial charge is 0.339 e. The van der Waals surface area contributed by atoms with Crippen LogP contribution in [0.3, 0.4) is 0 Å². The smallest absolute Gasteiger partial charge is 0.253 e. The van der Waals surface area contributed by atoms with Crippen molar-refractivity contribution < 1.29 is 14.4 Å². The number of nitrogens with zero attached hydrogens (tertiary/aromatic N) is 2. The van der Waals surface area contributed by atoms with Crippen molar-refractivity contribution in [1.82, 2.24) is 4.90 Å². The van der Waals surface area contributed by atoms with Crippen molar-refractivity contribution >= 4 is 23.4 Å². The van der Waals surface area contributed by atoms with E-state index in [1.165, 1.54) is 4.90 Å². The minimum Gasteiger partial charge on any atom is -0.339 e. The summed E-state index contributed by atoms with van der Waals surface area (Å²) in [6, 6.07) is 25.4. The minimum atomic E-state index is -0.306. The van der Waals surface area contributed by atoms with Crippen LogP contribution in [-0.4, -0.2) is 35.7 Å². The summed E-state index contributed by atoms with van der Waals surface area (Å²) in [4.78, 5) is 42.0. The fourth-order valence-corrected chi connectivity index (χ4v) is 3.57. The van der Waals surface area contributed by atoms with Crippen molar-refractivity contribution in [3.05, 3.63) is 102 Å². The third-order valence-electron chi connectivity index (χ3n) is 5.32. The van der Waals surface area contributed by atoms with E-state index in [2.05, 4.69) is 0 Å². The van der Waals surface area contributed by atoms with Crippen molar-refractivity contribution in [3.63, 3.8) is 0 Å². The molecule has 0 fully saturated rings. The molecule has 3 aromatic rings. The molecule has 164 valence electrons. The maximum Gasteiger partial charge on any atom is 0.253 e. The van der Waals surface area contributed by atoms with Gasteiger partial charge in [0.05, 0.1) is 18.5 Å². The molecule has 0 atom stereocenters. The Morgan fingerprint density at radius 1 is 0.625 bits per heavy atom. The first kappa shape index (κ1) is 22.9. The van der Waals surface area contributed by atoms with Gasteiger partial charge in [0, 0.05) is 18.7 Å². The van der Waals surface area contributed by atoms with Gasteiger partial charge in [0.2, 0.25) is 11.8 Å². The van der Waals surface area contributed by atoms with Crippen molar-refractivity contribution in [2.45, 2.75) is 26.7 Å². The second kappa shape index (κ2) is 11.0. The average Bonchev–Trinajstić information content (AvgIpc) is 2.81. The van der Waals surface area contributed by atoms with Gasteiger partial charge in [0.25, 0.3) is 5.91 Å². The number of carbonyl (C=O) groups excluding carboxylic acids is 3. The first-order chi connectivity index (χ1) is 15.5. The number of benzene rings is 3. The molecule has 3 aromatic carbocycles. The van der Waals surface area contributed by atoms with Gasteiger partial charge in [0.1, 0.15) is 0 Å². The average molecular weight is 429 g/mol. The number of hydrogen-bond acceptors (Lipinski definition) is 3. The Labute approximate surface area is 189 Å². The molecule has 0 aliphatic carbocycles. The molecule has 0 aliphatic rings. The summed E-state index contributed by atoms with van der Waals surface area (Å²) in [6.07, 6.45) is 0.225. The molecule has 3 rings (SSSR count). The van der Waals surface area contributed by atoms with Gasteiger partial charge < -0.3 is 4.90 Å². The maximum absolute atomic E-state index is 13.2. The van der Waals surface area contributed by atoms with Crippen LogP contribution < -0.4 is 4.90 Å². The summed E-state index contributed by atoms with van der Waals surface area (Å²) in [5, 5.41) is 0. The predicted molar refractivity (Wildman–Crippen MR) is 126 cm³/mol. The number of amides is 3. The molecule has 0 radical (unpaired) electrons. The Hall–Kier alpha value is -3.73. The molecular weight excluding hydrogens is 400 g/mol. The van der Waals surface area contributed by atoms with Gasteiger partial charge in [-0.3, -0.25) is 19.3 Å². The van der Waals surface area contributed by atoms with Crippen LogP contribution in [0.4, 0.5) is 5.69 Å². The molecule has 32 heavy (non-hydrogen) atoms. The number of hydrogen-bond donors (Lipinski definition) is 0. The van der Waals surface area contributed by atoms with E-state index >= 15 is 0 Å². The molecule has 5 heteroatoms. The molecule has 0 N–H and O–H groups in total.